The minimum Gasteiger partial charge on any atom is -0.333 e. The molecule has 0 aliphatic carbocycles. The second-order valence-electron chi connectivity index (χ2n) is 3.76. The Hall–Kier alpha value is -0.780. The Kier molecular flexibility index (Phi) is 1.61. The lowest BCUT2D eigenvalue weighted by molar-refractivity contribution is -0.198. The molecular weight excluding hydrogens is 185 g/mol. The molecule has 2 heterocycles. The normalized spacial score (nSPS) is 25.3. The second kappa shape index (κ2) is 2.37. The van der Waals surface area contributed by atoms with Crippen LogP contribution < -0.4 is 5.32 Å². The highest BCUT2D eigenvalue weighted by molar-refractivity contribution is 5.82. The summed E-state index contributed by atoms with van der Waals surface area (Å²) in [6, 6.07) is 0. The number of amides is 1. The van der Waals surface area contributed by atoms with Gasteiger partial charge in [0.2, 0.25) is 0 Å². The van der Waals surface area contributed by atoms with Crippen molar-refractivity contribution >= 4 is 5.91 Å². The van der Waals surface area contributed by atoms with Crippen LogP contribution in [0.2, 0.25) is 0 Å². The zero-order valence-electron chi connectivity index (χ0n) is 6.82. The fourth-order valence-corrected chi connectivity index (χ4v) is 1.79. The molecule has 0 aromatic carbocycles. The lowest BCUT2D eigenvalue weighted by atomic mass is 9.74. The molecule has 2 saturated heterocycles. The van der Waals surface area contributed by atoms with Crippen molar-refractivity contribution in [2.75, 3.05) is 26.2 Å². The summed E-state index contributed by atoms with van der Waals surface area (Å²) in [4.78, 5) is 11.5. The van der Waals surface area contributed by atoms with Crippen LogP contribution >= 0.6 is 0 Å². The van der Waals surface area contributed by atoms with Crippen LogP contribution in [0.15, 0.2) is 0 Å². The first-order valence-corrected chi connectivity index (χ1v) is 4.00. The van der Waals surface area contributed by atoms with Gasteiger partial charge in [0, 0.05) is 31.6 Å². The summed E-state index contributed by atoms with van der Waals surface area (Å²) in [6.07, 6.45) is -4.71. The lowest BCUT2D eigenvalue weighted by Crippen LogP contribution is -2.73. The monoisotopic (exact) mass is 194 g/mol. The molecule has 0 unspecified atom stereocenters. The molecule has 0 aromatic heterocycles. The number of rotatable bonds is 0. The highest BCUT2D eigenvalue weighted by Gasteiger charge is 2.54. The minimum absolute atomic E-state index is 0.0408. The molecular formula is C7H9F3N2O. The zero-order valence-corrected chi connectivity index (χ0v) is 6.82. The number of carbonyl (C=O) groups is 1. The number of nitrogens with zero attached hydrogens (tertiary/aromatic N) is 1. The molecule has 0 bridgehead atoms. The Morgan fingerprint density at radius 2 is 1.85 bits per heavy atom. The van der Waals surface area contributed by atoms with E-state index in [0.29, 0.717) is 0 Å². The first-order valence-electron chi connectivity index (χ1n) is 4.00. The molecule has 0 atom stereocenters. The molecule has 0 radical (unpaired) electrons. The van der Waals surface area contributed by atoms with Gasteiger partial charge in [0.15, 0.2) is 0 Å². The second-order valence-corrected chi connectivity index (χ2v) is 3.76. The summed E-state index contributed by atoms with van der Waals surface area (Å²) in [7, 11) is 0. The van der Waals surface area contributed by atoms with E-state index in [1.165, 1.54) is 0 Å². The first-order chi connectivity index (χ1) is 5.93. The summed E-state index contributed by atoms with van der Waals surface area (Å²) in [5, 5.41) is 2.98. The summed E-state index contributed by atoms with van der Waals surface area (Å²) in [5.74, 6) is -1.70. The van der Waals surface area contributed by atoms with Gasteiger partial charge >= 0.3 is 12.1 Å². The van der Waals surface area contributed by atoms with E-state index in [2.05, 4.69) is 5.32 Å². The Balaban J connectivity index is 1.89. The summed E-state index contributed by atoms with van der Waals surface area (Å²) >= 11 is 0. The Morgan fingerprint density at radius 3 is 2.15 bits per heavy atom. The van der Waals surface area contributed by atoms with E-state index in [1.54, 1.807) is 0 Å². The van der Waals surface area contributed by atoms with Crippen LogP contribution in [0.1, 0.15) is 0 Å². The maximum atomic E-state index is 11.9. The Morgan fingerprint density at radius 1 is 1.31 bits per heavy atom. The quantitative estimate of drug-likeness (QED) is 0.587. The Bertz CT molecular complexity index is 239. The number of alkyl halides is 3. The third-order valence-corrected chi connectivity index (χ3v) is 2.58. The van der Waals surface area contributed by atoms with Gasteiger partial charge in [-0.25, -0.2) is 0 Å². The molecule has 1 N–H and O–H groups in total. The molecule has 2 aliphatic rings. The van der Waals surface area contributed by atoms with Gasteiger partial charge in [-0.05, 0) is 0 Å². The summed E-state index contributed by atoms with van der Waals surface area (Å²) in [5.41, 5.74) is -0.0408. The van der Waals surface area contributed by atoms with Crippen LogP contribution in [0.3, 0.4) is 0 Å². The fraction of sp³-hybridized carbons (Fsp3) is 0.857. The van der Waals surface area contributed by atoms with Gasteiger partial charge in [-0.3, -0.25) is 4.79 Å². The molecule has 0 saturated carbocycles. The number of carbonyl (C=O) groups excluding carboxylic acids is 1. The molecule has 2 fully saturated rings. The van der Waals surface area contributed by atoms with Gasteiger partial charge in [0.1, 0.15) is 0 Å². The predicted molar refractivity (Wildman–Crippen MR) is 37.9 cm³/mol. The van der Waals surface area contributed by atoms with Gasteiger partial charge < -0.3 is 10.2 Å². The van der Waals surface area contributed by atoms with Crippen molar-refractivity contribution in [2.24, 2.45) is 5.41 Å². The maximum Gasteiger partial charge on any atom is 0.471 e. The van der Waals surface area contributed by atoms with Gasteiger partial charge in [-0.1, -0.05) is 0 Å². The molecule has 2 rings (SSSR count). The van der Waals surface area contributed by atoms with E-state index in [1.807, 2.05) is 0 Å². The number of halogens is 3. The first kappa shape index (κ1) is 8.80. The van der Waals surface area contributed by atoms with Crippen molar-refractivity contribution in [3.8, 4) is 0 Å². The van der Waals surface area contributed by atoms with Gasteiger partial charge in [-0.2, -0.15) is 13.2 Å². The standard InChI is InChI=1S/C7H9F3N2O/c8-7(9,10)5(13)12-3-6(4-12)1-11-2-6/h11H,1-4H2. The SMILES string of the molecule is O=C(N1CC2(CNC2)C1)C(F)(F)F. The molecule has 1 spiro atoms. The van der Waals surface area contributed by atoms with E-state index in [-0.39, 0.29) is 18.5 Å². The van der Waals surface area contributed by atoms with E-state index >= 15 is 0 Å². The van der Waals surface area contributed by atoms with Crippen molar-refractivity contribution in [3.63, 3.8) is 0 Å². The predicted octanol–water partition coefficient (Wildman–Crippen LogP) is -0.0195. The molecule has 0 aromatic rings. The van der Waals surface area contributed by atoms with Crippen LogP contribution in [-0.4, -0.2) is 43.2 Å². The molecule has 2 aliphatic heterocycles. The number of hydrogen-bond donors (Lipinski definition) is 1. The molecule has 3 nitrogen and oxygen atoms in total. The van der Waals surface area contributed by atoms with E-state index < -0.39 is 12.1 Å². The maximum absolute atomic E-state index is 11.9. The van der Waals surface area contributed by atoms with Crippen molar-refractivity contribution < 1.29 is 18.0 Å². The van der Waals surface area contributed by atoms with Crippen molar-refractivity contribution in [1.29, 1.82) is 0 Å². The number of likely N-dealkylation sites (tertiary alicyclic amines) is 1. The van der Waals surface area contributed by atoms with Crippen LogP contribution in [0.25, 0.3) is 0 Å². The van der Waals surface area contributed by atoms with E-state index in [9.17, 15) is 18.0 Å². The molecule has 1 amide bonds. The van der Waals surface area contributed by atoms with Gasteiger partial charge in [0.25, 0.3) is 0 Å². The van der Waals surface area contributed by atoms with Crippen molar-refractivity contribution in [1.82, 2.24) is 10.2 Å². The molecule has 74 valence electrons. The van der Waals surface area contributed by atoms with E-state index in [0.717, 1.165) is 18.0 Å². The van der Waals surface area contributed by atoms with Crippen molar-refractivity contribution in [2.45, 2.75) is 6.18 Å². The third kappa shape index (κ3) is 1.29. The van der Waals surface area contributed by atoms with Crippen LogP contribution in [0.4, 0.5) is 13.2 Å². The average molecular weight is 194 g/mol. The minimum atomic E-state index is -4.71. The molecule has 13 heavy (non-hydrogen) atoms. The molecule has 6 heteroatoms. The highest BCUT2D eigenvalue weighted by atomic mass is 19.4. The fourth-order valence-electron chi connectivity index (χ4n) is 1.79. The van der Waals surface area contributed by atoms with Gasteiger partial charge in [-0.15, -0.1) is 0 Å². The van der Waals surface area contributed by atoms with Crippen LogP contribution in [0.5, 0.6) is 0 Å². The van der Waals surface area contributed by atoms with Crippen LogP contribution in [-0.2, 0) is 4.79 Å². The van der Waals surface area contributed by atoms with Crippen molar-refractivity contribution in [3.05, 3.63) is 0 Å². The number of nitrogens with one attached hydrogen (secondary N) is 1. The third-order valence-electron chi connectivity index (χ3n) is 2.58. The zero-order chi connectivity index (χ0) is 9.69. The largest absolute Gasteiger partial charge is 0.471 e. The van der Waals surface area contributed by atoms with Crippen LogP contribution in [0, 0.1) is 5.41 Å². The Labute approximate surface area is 72.9 Å². The summed E-state index contributed by atoms with van der Waals surface area (Å²) in [6.45, 7) is 1.96. The number of hydrogen-bond acceptors (Lipinski definition) is 2. The van der Waals surface area contributed by atoms with Gasteiger partial charge in [0.05, 0.1) is 0 Å². The smallest absolute Gasteiger partial charge is 0.333 e. The topological polar surface area (TPSA) is 32.3 Å². The highest BCUT2D eigenvalue weighted by Crippen LogP contribution is 2.36. The average Bonchev–Trinajstić information content (AvgIpc) is 1.78. The van der Waals surface area contributed by atoms with E-state index in [4.69, 9.17) is 0 Å². The lowest BCUT2D eigenvalue weighted by Gasteiger charge is -2.55. The summed E-state index contributed by atoms with van der Waals surface area (Å²) < 4.78 is 35.7.